The topological polar surface area (TPSA) is 68.0 Å². The summed E-state index contributed by atoms with van der Waals surface area (Å²) < 4.78 is 19.5. The smallest absolute Gasteiger partial charge is 0.277 e. The molecule has 1 aliphatic carbocycles. The first-order chi connectivity index (χ1) is 13.5. The molecular weight excluding hydrogens is 397 g/mol. The van der Waals surface area contributed by atoms with Gasteiger partial charge in [-0.1, -0.05) is 30.8 Å². The number of thioether (sulfide) groups is 1. The molecule has 2 atom stereocenters. The van der Waals surface area contributed by atoms with E-state index in [4.69, 9.17) is 4.42 Å². The van der Waals surface area contributed by atoms with Gasteiger partial charge in [0.05, 0.1) is 15.8 Å². The summed E-state index contributed by atoms with van der Waals surface area (Å²) in [6.45, 7) is 3.99. The van der Waals surface area contributed by atoms with Crippen LogP contribution in [0.3, 0.4) is 0 Å². The summed E-state index contributed by atoms with van der Waals surface area (Å²) in [7, 11) is 0. The Labute approximate surface area is 170 Å². The summed E-state index contributed by atoms with van der Waals surface area (Å²) >= 11 is 2.86. The van der Waals surface area contributed by atoms with Crippen LogP contribution in [0.5, 0.6) is 0 Å². The van der Waals surface area contributed by atoms with E-state index in [1.807, 2.05) is 0 Å². The number of nitrogens with zero attached hydrogens (tertiary/aromatic N) is 2. The first-order valence-corrected chi connectivity index (χ1v) is 10.9. The van der Waals surface area contributed by atoms with Crippen molar-refractivity contribution in [1.82, 2.24) is 10.2 Å². The number of thiophene rings is 1. The summed E-state index contributed by atoms with van der Waals surface area (Å²) in [5.74, 6) is 0.397. The molecule has 0 spiro atoms. The second-order valence-electron chi connectivity index (χ2n) is 7.01. The molecule has 0 unspecified atom stereocenters. The van der Waals surface area contributed by atoms with Gasteiger partial charge in [0, 0.05) is 4.88 Å². The number of aromatic nitrogens is 2. The number of hydrogen-bond acceptors (Lipinski definition) is 6. The second-order valence-corrected chi connectivity index (χ2v) is 9.44. The lowest BCUT2D eigenvalue weighted by Crippen LogP contribution is -2.22. The van der Waals surface area contributed by atoms with Crippen LogP contribution in [-0.4, -0.2) is 21.4 Å². The third-order valence-electron chi connectivity index (χ3n) is 4.73. The lowest BCUT2D eigenvalue weighted by Gasteiger charge is -2.16. The maximum absolute atomic E-state index is 13.7. The first kappa shape index (κ1) is 19.1. The number of fused-ring (bicyclic) bond motifs is 1. The number of carbonyl (C=O) groups excluding carboxylic acids is 1. The Bertz CT molecular complexity index is 1000. The van der Waals surface area contributed by atoms with Gasteiger partial charge in [-0.25, -0.2) is 4.39 Å². The van der Waals surface area contributed by atoms with Crippen LogP contribution in [0.15, 0.2) is 40.0 Å². The van der Waals surface area contributed by atoms with Crippen molar-refractivity contribution >= 4 is 34.7 Å². The first-order valence-electron chi connectivity index (χ1n) is 9.17. The molecular formula is C20H20FN3O2S2. The van der Waals surface area contributed by atoms with Crippen molar-refractivity contribution in [2.75, 3.05) is 5.32 Å². The molecule has 1 aliphatic rings. The van der Waals surface area contributed by atoms with Gasteiger partial charge in [-0.3, -0.25) is 4.79 Å². The molecule has 0 fully saturated rings. The van der Waals surface area contributed by atoms with Crippen molar-refractivity contribution in [2.24, 2.45) is 5.92 Å². The van der Waals surface area contributed by atoms with Crippen LogP contribution in [0.1, 0.15) is 30.7 Å². The molecule has 5 nitrogen and oxygen atoms in total. The molecule has 28 heavy (non-hydrogen) atoms. The predicted octanol–water partition coefficient (Wildman–Crippen LogP) is 5.18. The summed E-state index contributed by atoms with van der Waals surface area (Å²) in [4.78, 5) is 14.7. The van der Waals surface area contributed by atoms with Gasteiger partial charge in [-0.15, -0.1) is 21.5 Å². The van der Waals surface area contributed by atoms with Crippen molar-refractivity contribution < 1.29 is 13.6 Å². The fraction of sp³-hybridized carbons (Fsp3) is 0.350. The number of halogens is 1. The quantitative estimate of drug-likeness (QED) is 0.579. The Morgan fingerprint density at radius 2 is 2.21 bits per heavy atom. The summed E-state index contributed by atoms with van der Waals surface area (Å²) in [6.07, 6.45) is 3.41. The van der Waals surface area contributed by atoms with E-state index in [2.05, 4.69) is 28.5 Å². The van der Waals surface area contributed by atoms with Gasteiger partial charge in [-0.2, -0.15) is 0 Å². The van der Waals surface area contributed by atoms with E-state index in [1.54, 1.807) is 30.4 Å². The van der Waals surface area contributed by atoms with Gasteiger partial charge in [0.15, 0.2) is 0 Å². The lowest BCUT2D eigenvalue weighted by molar-refractivity contribution is -0.115. The van der Waals surface area contributed by atoms with Gasteiger partial charge in [0.25, 0.3) is 11.1 Å². The Hall–Kier alpha value is -2.19. The van der Waals surface area contributed by atoms with Crippen LogP contribution >= 0.6 is 23.1 Å². The van der Waals surface area contributed by atoms with E-state index < -0.39 is 11.1 Å². The third-order valence-corrected chi connectivity index (χ3v) is 6.88. The standard InChI is InChI=1S/C20H20FN3O2S2/c1-11-7-8-16-13(9-11)10-17(28-16)19-23-24-20(26-19)27-12(2)18(25)22-15-6-4-3-5-14(15)21/h3-6,10-12H,7-9H2,1-2H3,(H,22,25)/t11-,12+/m0/s1. The van der Waals surface area contributed by atoms with E-state index in [0.29, 0.717) is 17.0 Å². The zero-order chi connectivity index (χ0) is 19.7. The van der Waals surface area contributed by atoms with Gasteiger partial charge in [0.1, 0.15) is 5.82 Å². The Morgan fingerprint density at radius 1 is 1.39 bits per heavy atom. The van der Waals surface area contributed by atoms with Crippen molar-refractivity contribution in [3.63, 3.8) is 0 Å². The molecule has 0 bridgehead atoms. The van der Waals surface area contributed by atoms with Crippen LogP contribution in [-0.2, 0) is 17.6 Å². The number of rotatable bonds is 5. The van der Waals surface area contributed by atoms with Gasteiger partial charge < -0.3 is 9.73 Å². The number of para-hydroxylation sites is 1. The maximum Gasteiger partial charge on any atom is 0.277 e. The Balaban J connectivity index is 1.42. The van der Waals surface area contributed by atoms with E-state index in [-0.39, 0.29) is 11.6 Å². The van der Waals surface area contributed by atoms with Crippen molar-refractivity contribution in [3.8, 4) is 10.8 Å². The van der Waals surface area contributed by atoms with Crippen LogP contribution < -0.4 is 5.32 Å². The number of carbonyl (C=O) groups is 1. The zero-order valence-corrected chi connectivity index (χ0v) is 17.2. The molecule has 2 aromatic heterocycles. The van der Waals surface area contributed by atoms with Crippen LogP contribution in [0.4, 0.5) is 10.1 Å². The van der Waals surface area contributed by atoms with E-state index in [1.165, 1.54) is 29.0 Å². The van der Waals surface area contributed by atoms with E-state index >= 15 is 0 Å². The maximum atomic E-state index is 13.7. The molecule has 1 amide bonds. The van der Waals surface area contributed by atoms with Crippen LogP contribution in [0.25, 0.3) is 10.8 Å². The van der Waals surface area contributed by atoms with Gasteiger partial charge >= 0.3 is 0 Å². The predicted molar refractivity (Wildman–Crippen MR) is 109 cm³/mol. The number of amides is 1. The highest BCUT2D eigenvalue weighted by molar-refractivity contribution is 8.00. The molecule has 0 aliphatic heterocycles. The highest BCUT2D eigenvalue weighted by Gasteiger charge is 2.23. The minimum Gasteiger partial charge on any atom is -0.410 e. The molecule has 146 valence electrons. The molecule has 0 saturated heterocycles. The minimum atomic E-state index is -0.509. The zero-order valence-electron chi connectivity index (χ0n) is 15.6. The fourth-order valence-electron chi connectivity index (χ4n) is 3.17. The van der Waals surface area contributed by atoms with Crippen molar-refractivity contribution in [2.45, 2.75) is 43.6 Å². The third kappa shape index (κ3) is 4.12. The van der Waals surface area contributed by atoms with E-state index in [0.717, 1.165) is 29.5 Å². The number of nitrogens with one attached hydrogen (secondary N) is 1. The lowest BCUT2D eigenvalue weighted by atomic mass is 9.90. The number of benzene rings is 1. The molecule has 1 N–H and O–H groups in total. The molecule has 2 heterocycles. The van der Waals surface area contributed by atoms with Gasteiger partial charge in [-0.05, 0) is 55.9 Å². The summed E-state index contributed by atoms with van der Waals surface area (Å²) in [5.41, 5.74) is 1.54. The normalized spacial score (nSPS) is 17.2. The molecule has 1 aromatic carbocycles. The van der Waals surface area contributed by atoms with E-state index in [9.17, 15) is 9.18 Å². The number of anilines is 1. The minimum absolute atomic E-state index is 0.157. The Kier molecular flexibility index (Phi) is 5.50. The largest absolute Gasteiger partial charge is 0.410 e. The average Bonchev–Trinajstić information content (AvgIpc) is 3.29. The molecule has 4 rings (SSSR count). The monoisotopic (exact) mass is 417 g/mol. The number of hydrogen-bond donors (Lipinski definition) is 1. The SMILES string of the molecule is C[C@H]1CCc2sc(-c3nnc(S[C@H](C)C(=O)Nc4ccccc4F)o3)cc2C1. The van der Waals surface area contributed by atoms with Crippen molar-refractivity contribution in [3.05, 3.63) is 46.6 Å². The second kappa shape index (κ2) is 8.05. The molecule has 0 radical (unpaired) electrons. The summed E-state index contributed by atoms with van der Waals surface area (Å²) in [5, 5.41) is 10.6. The molecule has 0 saturated carbocycles. The average molecular weight is 418 g/mol. The van der Waals surface area contributed by atoms with Gasteiger partial charge in [0.2, 0.25) is 5.91 Å². The summed E-state index contributed by atoms with van der Waals surface area (Å²) in [6, 6.07) is 8.22. The number of aryl methyl sites for hydroxylation is 1. The van der Waals surface area contributed by atoms with Crippen molar-refractivity contribution in [1.29, 1.82) is 0 Å². The van der Waals surface area contributed by atoms with Crippen LogP contribution in [0.2, 0.25) is 0 Å². The highest BCUT2D eigenvalue weighted by Crippen LogP contribution is 2.37. The highest BCUT2D eigenvalue weighted by atomic mass is 32.2. The Morgan fingerprint density at radius 3 is 3.04 bits per heavy atom. The van der Waals surface area contributed by atoms with Crippen LogP contribution in [0, 0.1) is 11.7 Å². The molecule has 3 aromatic rings. The molecule has 8 heteroatoms. The fourth-order valence-corrected chi connectivity index (χ4v) is 4.98.